The molecule has 0 bridgehead atoms. The van der Waals surface area contributed by atoms with Crippen molar-refractivity contribution in [1.29, 1.82) is 0 Å². The minimum Gasteiger partial charge on any atom is -0.497 e. The molecule has 130 valence electrons. The third kappa shape index (κ3) is 3.14. The maximum Gasteiger partial charge on any atom is 0.233 e. The number of aromatic nitrogens is 4. The van der Waals surface area contributed by atoms with Gasteiger partial charge in [-0.15, -0.1) is 5.10 Å². The van der Waals surface area contributed by atoms with E-state index in [0.717, 1.165) is 11.0 Å². The third-order valence-corrected chi connectivity index (χ3v) is 3.96. The van der Waals surface area contributed by atoms with Crippen molar-refractivity contribution < 1.29 is 14.3 Å². The van der Waals surface area contributed by atoms with Crippen molar-refractivity contribution in [2.24, 2.45) is 0 Å². The lowest BCUT2D eigenvalue weighted by Gasteiger charge is -2.03. The number of para-hydroxylation sites is 2. The van der Waals surface area contributed by atoms with Crippen molar-refractivity contribution in [2.75, 3.05) is 13.7 Å². The number of H-pyrrole nitrogens is 2. The summed E-state index contributed by atoms with van der Waals surface area (Å²) < 4.78 is 10.6. The first-order valence-corrected chi connectivity index (χ1v) is 8.03. The summed E-state index contributed by atoms with van der Waals surface area (Å²) in [6, 6.07) is 16.3. The Kier molecular flexibility index (Phi) is 4.10. The van der Waals surface area contributed by atoms with Crippen LogP contribution in [0.5, 0.6) is 11.6 Å². The first kappa shape index (κ1) is 15.9. The molecule has 2 aromatic carbocycles. The molecule has 4 rings (SSSR count). The third-order valence-electron chi connectivity index (χ3n) is 3.96. The number of carbonyl (C=O) groups excluding carboxylic acids is 1. The van der Waals surface area contributed by atoms with E-state index < -0.39 is 0 Å². The molecule has 0 saturated heterocycles. The van der Waals surface area contributed by atoms with Crippen molar-refractivity contribution in [2.45, 2.75) is 0 Å². The molecule has 0 unspecified atom stereocenters. The van der Waals surface area contributed by atoms with Crippen LogP contribution in [0.25, 0.3) is 22.6 Å². The monoisotopic (exact) mass is 348 g/mol. The number of nitrogens with one attached hydrogen (secondary N) is 2. The van der Waals surface area contributed by atoms with E-state index in [1.165, 1.54) is 0 Å². The molecule has 0 radical (unpaired) electrons. The van der Waals surface area contributed by atoms with Crippen LogP contribution in [-0.4, -0.2) is 39.7 Å². The Morgan fingerprint density at radius 2 is 1.92 bits per heavy atom. The summed E-state index contributed by atoms with van der Waals surface area (Å²) >= 11 is 0. The van der Waals surface area contributed by atoms with Crippen molar-refractivity contribution in [3.05, 3.63) is 60.2 Å². The van der Waals surface area contributed by atoms with Gasteiger partial charge in [0.2, 0.25) is 5.88 Å². The van der Waals surface area contributed by atoms with Crippen LogP contribution < -0.4 is 9.47 Å². The largest absolute Gasteiger partial charge is 0.497 e. The normalized spacial score (nSPS) is 10.8. The van der Waals surface area contributed by atoms with E-state index >= 15 is 0 Å². The molecule has 0 amide bonds. The highest BCUT2D eigenvalue weighted by Gasteiger charge is 2.12. The maximum atomic E-state index is 12.2. The van der Waals surface area contributed by atoms with Gasteiger partial charge in [0, 0.05) is 11.6 Å². The van der Waals surface area contributed by atoms with Gasteiger partial charge in [0.1, 0.15) is 11.4 Å². The molecule has 0 aliphatic rings. The Morgan fingerprint density at radius 3 is 2.69 bits per heavy atom. The summed E-state index contributed by atoms with van der Waals surface area (Å²) in [6.45, 7) is -0.100. The van der Waals surface area contributed by atoms with Gasteiger partial charge in [0.15, 0.2) is 18.2 Å². The van der Waals surface area contributed by atoms with Gasteiger partial charge in [-0.3, -0.25) is 9.89 Å². The number of nitrogens with zero attached hydrogens (tertiary/aromatic N) is 2. The number of imidazole rings is 1. The summed E-state index contributed by atoms with van der Waals surface area (Å²) in [6.07, 6.45) is 0. The van der Waals surface area contributed by atoms with Crippen LogP contribution in [0.2, 0.25) is 0 Å². The number of hydrogen-bond donors (Lipinski definition) is 2. The SMILES string of the molecule is COc1ccc(C(=O)COc2cc(-c3nc4ccccc4[nH]3)[nH]n2)cc1. The highest BCUT2D eigenvalue weighted by molar-refractivity contribution is 5.97. The van der Waals surface area contributed by atoms with E-state index in [-0.39, 0.29) is 12.4 Å². The van der Waals surface area contributed by atoms with Crippen LogP contribution in [-0.2, 0) is 0 Å². The summed E-state index contributed by atoms with van der Waals surface area (Å²) in [5, 5.41) is 6.94. The summed E-state index contributed by atoms with van der Waals surface area (Å²) in [5.74, 6) is 1.56. The molecular formula is C19H16N4O3. The predicted octanol–water partition coefficient (Wildman–Crippen LogP) is 3.22. The lowest BCUT2D eigenvalue weighted by atomic mass is 10.1. The molecule has 0 spiro atoms. The quantitative estimate of drug-likeness (QED) is 0.522. The molecule has 0 aliphatic carbocycles. The average molecular weight is 348 g/mol. The van der Waals surface area contributed by atoms with Gasteiger partial charge in [-0.05, 0) is 36.4 Å². The van der Waals surface area contributed by atoms with E-state index in [4.69, 9.17) is 9.47 Å². The Labute approximate surface area is 149 Å². The smallest absolute Gasteiger partial charge is 0.233 e. The molecule has 7 nitrogen and oxygen atoms in total. The summed E-state index contributed by atoms with van der Waals surface area (Å²) in [5.41, 5.74) is 3.05. The van der Waals surface area contributed by atoms with Crippen LogP contribution in [0.4, 0.5) is 0 Å². The second-order valence-electron chi connectivity index (χ2n) is 5.66. The van der Waals surface area contributed by atoms with Gasteiger partial charge >= 0.3 is 0 Å². The van der Waals surface area contributed by atoms with E-state index in [0.29, 0.717) is 28.7 Å². The number of methoxy groups -OCH3 is 1. The number of rotatable bonds is 6. The zero-order valence-electron chi connectivity index (χ0n) is 14.0. The van der Waals surface area contributed by atoms with E-state index in [1.807, 2.05) is 24.3 Å². The molecule has 2 heterocycles. The van der Waals surface area contributed by atoms with Crippen molar-refractivity contribution in [3.8, 4) is 23.1 Å². The maximum absolute atomic E-state index is 12.2. The second kappa shape index (κ2) is 6.72. The van der Waals surface area contributed by atoms with E-state index in [2.05, 4.69) is 20.2 Å². The molecule has 0 fully saturated rings. The number of ketones is 1. The lowest BCUT2D eigenvalue weighted by Crippen LogP contribution is -2.11. The Morgan fingerprint density at radius 1 is 1.12 bits per heavy atom. The minimum atomic E-state index is -0.138. The summed E-state index contributed by atoms with van der Waals surface area (Å²) in [7, 11) is 1.58. The first-order valence-electron chi connectivity index (χ1n) is 8.03. The van der Waals surface area contributed by atoms with Gasteiger partial charge in [0.25, 0.3) is 0 Å². The highest BCUT2D eigenvalue weighted by Crippen LogP contribution is 2.21. The average Bonchev–Trinajstić information content (AvgIpc) is 3.32. The topological polar surface area (TPSA) is 92.9 Å². The van der Waals surface area contributed by atoms with Crippen molar-refractivity contribution in [3.63, 3.8) is 0 Å². The van der Waals surface area contributed by atoms with Gasteiger partial charge in [-0.1, -0.05) is 12.1 Å². The number of carbonyl (C=O) groups is 1. The number of fused-ring (bicyclic) bond motifs is 1. The minimum absolute atomic E-state index is 0.100. The fourth-order valence-corrected chi connectivity index (χ4v) is 2.58. The Hall–Kier alpha value is -3.61. The highest BCUT2D eigenvalue weighted by atomic mass is 16.5. The number of ether oxygens (including phenoxy) is 2. The molecule has 2 N–H and O–H groups in total. The van der Waals surface area contributed by atoms with Crippen LogP contribution in [0, 0.1) is 0 Å². The standard InChI is InChI=1S/C19H16N4O3/c1-25-13-8-6-12(7-9-13)17(24)11-26-18-10-16(22-23-18)19-20-14-4-2-3-5-15(14)21-19/h2-10H,11H2,1H3,(H,20,21)(H,22,23). The Balaban J connectivity index is 1.43. The summed E-state index contributed by atoms with van der Waals surface area (Å²) in [4.78, 5) is 19.9. The van der Waals surface area contributed by atoms with E-state index in [1.54, 1.807) is 37.4 Å². The van der Waals surface area contributed by atoms with Gasteiger partial charge in [-0.2, -0.15) is 0 Å². The fourth-order valence-electron chi connectivity index (χ4n) is 2.58. The van der Waals surface area contributed by atoms with Crippen LogP contribution in [0.1, 0.15) is 10.4 Å². The van der Waals surface area contributed by atoms with Gasteiger partial charge in [-0.25, -0.2) is 4.98 Å². The van der Waals surface area contributed by atoms with Crippen molar-refractivity contribution in [1.82, 2.24) is 20.2 Å². The molecule has 4 aromatic rings. The Bertz CT molecular complexity index is 1020. The number of aromatic amines is 2. The zero-order chi connectivity index (χ0) is 17.9. The lowest BCUT2D eigenvalue weighted by molar-refractivity contribution is 0.0918. The van der Waals surface area contributed by atoms with Crippen molar-refractivity contribution >= 4 is 16.8 Å². The number of benzene rings is 2. The van der Waals surface area contributed by atoms with Crippen LogP contribution >= 0.6 is 0 Å². The molecule has 0 aliphatic heterocycles. The van der Waals surface area contributed by atoms with Gasteiger partial charge < -0.3 is 14.5 Å². The predicted molar refractivity (Wildman–Crippen MR) is 96.5 cm³/mol. The molecule has 0 saturated carbocycles. The number of Topliss-reactive ketones (excluding diaryl/α,β-unsaturated/α-hetero) is 1. The van der Waals surface area contributed by atoms with Crippen LogP contribution in [0.3, 0.4) is 0 Å². The van der Waals surface area contributed by atoms with Gasteiger partial charge in [0.05, 0.1) is 18.1 Å². The van der Waals surface area contributed by atoms with E-state index in [9.17, 15) is 4.79 Å². The fraction of sp³-hybridized carbons (Fsp3) is 0.105. The molecule has 7 heteroatoms. The van der Waals surface area contributed by atoms with Crippen LogP contribution in [0.15, 0.2) is 54.6 Å². The number of hydrogen-bond acceptors (Lipinski definition) is 5. The second-order valence-corrected chi connectivity index (χ2v) is 5.66. The molecule has 0 atom stereocenters. The first-order chi connectivity index (χ1) is 12.7. The molecular weight excluding hydrogens is 332 g/mol. The molecule has 2 aromatic heterocycles. The molecule has 26 heavy (non-hydrogen) atoms. The zero-order valence-corrected chi connectivity index (χ0v) is 14.0.